The molecule has 2 nitrogen and oxygen atoms in total. The second kappa shape index (κ2) is 5.96. The summed E-state index contributed by atoms with van der Waals surface area (Å²) in [7, 11) is 0. The first-order valence-electron chi connectivity index (χ1n) is 7.38. The molecule has 0 saturated heterocycles. The molecule has 1 aliphatic rings. The molecule has 0 aromatic heterocycles. The summed E-state index contributed by atoms with van der Waals surface area (Å²) in [5.74, 6) is -0.0893. The van der Waals surface area contributed by atoms with Crippen molar-refractivity contribution in [2.24, 2.45) is 0 Å². The Morgan fingerprint density at radius 2 is 1.81 bits per heavy atom. The summed E-state index contributed by atoms with van der Waals surface area (Å²) in [5.41, 5.74) is 5.92. The van der Waals surface area contributed by atoms with E-state index in [4.69, 9.17) is 0 Å². The number of hydrogen-bond donors (Lipinski definition) is 1. The molecule has 3 rings (SSSR count). The number of anilines is 1. The first-order chi connectivity index (χ1) is 10.2. The van der Waals surface area contributed by atoms with Crippen molar-refractivity contribution < 1.29 is 4.79 Å². The van der Waals surface area contributed by atoms with Crippen molar-refractivity contribution in [3.63, 3.8) is 0 Å². The van der Waals surface area contributed by atoms with Gasteiger partial charge in [0.15, 0.2) is 0 Å². The maximum atomic E-state index is 12.0. The van der Waals surface area contributed by atoms with Gasteiger partial charge in [0.05, 0.1) is 0 Å². The molecule has 2 aromatic carbocycles. The molecule has 0 saturated carbocycles. The summed E-state index contributed by atoms with van der Waals surface area (Å²) in [6, 6.07) is 14.3. The number of aryl methyl sites for hydroxylation is 3. The highest BCUT2D eigenvalue weighted by molar-refractivity contribution is 6.02. The minimum atomic E-state index is -0.0893. The van der Waals surface area contributed by atoms with Crippen molar-refractivity contribution in [2.45, 2.75) is 26.2 Å². The average Bonchev–Trinajstić information content (AvgIpc) is 2.94. The van der Waals surface area contributed by atoms with Crippen LogP contribution in [0.5, 0.6) is 0 Å². The van der Waals surface area contributed by atoms with Crippen LogP contribution in [0.1, 0.15) is 28.7 Å². The van der Waals surface area contributed by atoms with E-state index in [1.54, 1.807) is 6.08 Å². The molecule has 1 amide bonds. The molecule has 0 bridgehead atoms. The zero-order chi connectivity index (χ0) is 14.7. The van der Waals surface area contributed by atoms with Gasteiger partial charge in [-0.05, 0) is 61.1 Å². The topological polar surface area (TPSA) is 29.1 Å². The first-order valence-corrected chi connectivity index (χ1v) is 7.38. The van der Waals surface area contributed by atoms with Gasteiger partial charge in [-0.1, -0.05) is 35.9 Å². The third-order valence-corrected chi connectivity index (χ3v) is 3.87. The molecule has 1 N–H and O–H groups in total. The van der Waals surface area contributed by atoms with Crippen LogP contribution in [-0.2, 0) is 17.6 Å². The van der Waals surface area contributed by atoms with Crippen molar-refractivity contribution in [3.8, 4) is 0 Å². The molecule has 0 fully saturated rings. The molecule has 2 aromatic rings. The average molecular weight is 277 g/mol. The third-order valence-electron chi connectivity index (χ3n) is 3.87. The van der Waals surface area contributed by atoms with E-state index in [1.807, 2.05) is 43.3 Å². The normalized spacial score (nSPS) is 13.4. The molecular weight excluding hydrogens is 258 g/mol. The van der Waals surface area contributed by atoms with Gasteiger partial charge in [-0.3, -0.25) is 4.79 Å². The van der Waals surface area contributed by atoms with Gasteiger partial charge in [-0.25, -0.2) is 0 Å². The Morgan fingerprint density at radius 3 is 2.62 bits per heavy atom. The number of rotatable bonds is 3. The Morgan fingerprint density at radius 1 is 1.05 bits per heavy atom. The van der Waals surface area contributed by atoms with Gasteiger partial charge in [0.2, 0.25) is 5.91 Å². The lowest BCUT2D eigenvalue weighted by molar-refractivity contribution is -0.111. The van der Waals surface area contributed by atoms with E-state index in [1.165, 1.54) is 23.1 Å². The van der Waals surface area contributed by atoms with E-state index >= 15 is 0 Å². The molecule has 21 heavy (non-hydrogen) atoms. The van der Waals surface area contributed by atoms with Crippen LogP contribution in [0.3, 0.4) is 0 Å². The van der Waals surface area contributed by atoms with Crippen LogP contribution in [0.2, 0.25) is 0 Å². The lowest BCUT2D eigenvalue weighted by Gasteiger charge is -2.05. The van der Waals surface area contributed by atoms with Gasteiger partial charge in [-0.2, -0.15) is 0 Å². The maximum absolute atomic E-state index is 12.0. The highest BCUT2D eigenvalue weighted by Gasteiger charge is 2.11. The Bertz CT molecular complexity index is 683. The van der Waals surface area contributed by atoms with Crippen molar-refractivity contribution in [2.75, 3.05) is 5.32 Å². The zero-order valence-corrected chi connectivity index (χ0v) is 12.2. The number of carbonyl (C=O) groups is 1. The monoisotopic (exact) mass is 277 g/mol. The van der Waals surface area contributed by atoms with Gasteiger partial charge < -0.3 is 5.32 Å². The second-order valence-electron chi connectivity index (χ2n) is 5.57. The standard InChI is InChI=1S/C19H19NO/c1-14-5-7-15(8-6-14)9-12-19(21)20-18-11-10-16-3-2-4-17(16)13-18/h5-13H,2-4H2,1H3,(H,20,21)/b12-9+. The summed E-state index contributed by atoms with van der Waals surface area (Å²) < 4.78 is 0. The molecule has 0 radical (unpaired) electrons. The van der Waals surface area contributed by atoms with E-state index in [-0.39, 0.29) is 5.91 Å². The van der Waals surface area contributed by atoms with E-state index in [0.717, 1.165) is 24.1 Å². The van der Waals surface area contributed by atoms with E-state index in [0.29, 0.717) is 0 Å². The van der Waals surface area contributed by atoms with Gasteiger partial charge in [0, 0.05) is 11.8 Å². The summed E-state index contributed by atoms with van der Waals surface area (Å²) in [4.78, 5) is 12.0. The van der Waals surface area contributed by atoms with E-state index in [9.17, 15) is 4.79 Å². The quantitative estimate of drug-likeness (QED) is 0.839. The Kier molecular flexibility index (Phi) is 3.87. The number of benzene rings is 2. The molecule has 0 spiro atoms. The summed E-state index contributed by atoms with van der Waals surface area (Å²) in [6.45, 7) is 2.05. The molecule has 0 heterocycles. The van der Waals surface area contributed by atoms with Crippen LogP contribution in [0.15, 0.2) is 48.5 Å². The summed E-state index contributed by atoms with van der Waals surface area (Å²) >= 11 is 0. The van der Waals surface area contributed by atoms with Crippen molar-refractivity contribution in [1.29, 1.82) is 0 Å². The van der Waals surface area contributed by atoms with Crippen LogP contribution in [0.25, 0.3) is 6.08 Å². The fourth-order valence-electron chi connectivity index (χ4n) is 2.68. The number of fused-ring (bicyclic) bond motifs is 1. The van der Waals surface area contributed by atoms with Crippen LogP contribution in [-0.4, -0.2) is 5.91 Å². The predicted molar refractivity (Wildman–Crippen MR) is 87.3 cm³/mol. The smallest absolute Gasteiger partial charge is 0.248 e. The zero-order valence-electron chi connectivity index (χ0n) is 12.2. The third kappa shape index (κ3) is 3.40. The van der Waals surface area contributed by atoms with Crippen LogP contribution >= 0.6 is 0 Å². The predicted octanol–water partition coefficient (Wildman–Crippen LogP) is 4.14. The number of carbonyl (C=O) groups excluding carboxylic acids is 1. The van der Waals surface area contributed by atoms with E-state index < -0.39 is 0 Å². The van der Waals surface area contributed by atoms with Gasteiger partial charge in [-0.15, -0.1) is 0 Å². The molecule has 0 aliphatic heterocycles. The highest BCUT2D eigenvalue weighted by atomic mass is 16.1. The minimum Gasteiger partial charge on any atom is -0.323 e. The van der Waals surface area contributed by atoms with Gasteiger partial charge >= 0.3 is 0 Å². The Labute approximate surface area is 125 Å². The SMILES string of the molecule is Cc1ccc(/C=C/C(=O)Nc2ccc3c(c2)CCC3)cc1. The number of hydrogen-bond acceptors (Lipinski definition) is 1. The Hall–Kier alpha value is -2.35. The highest BCUT2D eigenvalue weighted by Crippen LogP contribution is 2.24. The van der Waals surface area contributed by atoms with Gasteiger partial charge in [0.25, 0.3) is 0 Å². The molecule has 106 valence electrons. The molecule has 0 atom stereocenters. The van der Waals surface area contributed by atoms with Crippen LogP contribution in [0, 0.1) is 6.92 Å². The number of amides is 1. The minimum absolute atomic E-state index is 0.0893. The lowest BCUT2D eigenvalue weighted by atomic mass is 10.1. The number of nitrogens with one attached hydrogen (secondary N) is 1. The molecular formula is C19H19NO. The largest absolute Gasteiger partial charge is 0.323 e. The van der Waals surface area contributed by atoms with Crippen LogP contribution < -0.4 is 5.32 Å². The maximum Gasteiger partial charge on any atom is 0.248 e. The summed E-state index contributed by atoms with van der Waals surface area (Å²) in [5, 5.41) is 2.93. The summed E-state index contributed by atoms with van der Waals surface area (Å²) in [6.07, 6.45) is 6.93. The van der Waals surface area contributed by atoms with Crippen molar-refractivity contribution >= 4 is 17.7 Å². The molecule has 2 heteroatoms. The van der Waals surface area contributed by atoms with Gasteiger partial charge in [0.1, 0.15) is 0 Å². The fraction of sp³-hybridized carbons (Fsp3) is 0.211. The molecule has 0 unspecified atom stereocenters. The van der Waals surface area contributed by atoms with Crippen molar-refractivity contribution in [3.05, 3.63) is 70.8 Å². The first kappa shape index (κ1) is 13.6. The fourth-order valence-corrected chi connectivity index (χ4v) is 2.68. The second-order valence-corrected chi connectivity index (χ2v) is 5.57. The Balaban J connectivity index is 1.65. The van der Waals surface area contributed by atoms with Crippen molar-refractivity contribution in [1.82, 2.24) is 0 Å². The molecule has 1 aliphatic carbocycles. The lowest BCUT2D eigenvalue weighted by Crippen LogP contribution is -2.08. The van der Waals surface area contributed by atoms with E-state index in [2.05, 4.69) is 17.4 Å². The van der Waals surface area contributed by atoms with Crippen LogP contribution in [0.4, 0.5) is 5.69 Å².